The lowest BCUT2D eigenvalue weighted by Crippen LogP contribution is -2.46. The van der Waals surface area contributed by atoms with Crippen molar-refractivity contribution in [2.45, 2.75) is 32.4 Å². The van der Waals surface area contributed by atoms with E-state index in [1.165, 1.54) is 11.1 Å². The van der Waals surface area contributed by atoms with Gasteiger partial charge in [0.2, 0.25) is 0 Å². The molecule has 1 aliphatic rings. The number of aryl methyl sites for hydroxylation is 1. The van der Waals surface area contributed by atoms with Crippen LogP contribution in [-0.4, -0.2) is 72.5 Å². The van der Waals surface area contributed by atoms with E-state index < -0.39 is 0 Å². The van der Waals surface area contributed by atoms with Crippen molar-refractivity contribution < 1.29 is 4.74 Å². The van der Waals surface area contributed by atoms with Crippen molar-refractivity contribution in [3.05, 3.63) is 52.3 Å². The van der Waals surface area contributed by atoms with Crippen LogP contribution in [0.15, 0.2) is 35.5 Å². The molecule has 0 spiro atoms. The van der Waals surface area contributed by atoms with Gasteiger partial charge in [-0.3, -0.25) is 14.6 Å². The van der Waals surface area contributed by atoms with Crippen molar-refractivity contribution in [3.8, 4) is 0 Å². The van der Waals surface area contributed by atoms with Gasteiger partial charge in [0.05, 0.1) is 24.9 Å². The maximum atomic E-state index is 6.13. The number of aliphatic imine (C=N–C) groups is 1. The fourth-order valence-corrected chi connectivity index (χ4v) is 4.22. The Kier molecular flexibility index (Phi) is 10.7. The molecule has 178 valence electrons. The number of benzene rings is 1. The lowest BCUT2D eigenvalue weighted by atomic mass is 10.0. The highest BCUT2D eigenvalue weighted by Crippen LogP contribution is 2.23. The van der Waals surface area contributed by atoms with Crippen LogP contribution in [0.2, 0.25) is 5.02 Å². The van der Waals surface area contributed by atoms with E-state index in [4.69, 9.17) is 16.3 Å². The first kappa shape index (κ1) is 26.9. The smallest absolute Gasteiger partial charge is 0.193 e. The number of nitrogens with zero attached hydrogens (tertiary/aromatic N) is 5. The summed E-state index contributed by atoms with van der Waals surface area (Å²) in [6.07, 6.45) is 2.10. The molecular formula is C23H36ClIN6O. The minimum atomic E-state index is 0. The largest absolute Gasteiger partial charge is 0.379 e. The van der Waals surface area contributed by atoms with E-state index >= 15 is 0 Å². The number of rotatable bonds is 7. The fraction of sp³-hybridized carbons (Fsp3) is 0.565. The van der Waals surface area contributed by atoms with Gasteiger partial charge in [-0.2, -0.15) is 5.10 Å². The highest BCUT2D eigenvalue weighted by molar-refractivity contribution is 14.0. The van der Waals surface area contributed by atoms with Crippen LogP contribution in [0.1, 0.15) is 42.6 Å². The molecule has 0 bridgehead atoms. The number of ether oxygens (including phenoxy) is 1. The van der Waals surface area contributed by atoms with E-state index in [0.717, 1.165) is 56.1 Å². The predicted molar refractivity (Wildman–Crippen MR) is 142 cm³/mol. The standard InChI is InChI=1S/C23H35ClN6O.HI/c1-17(2)22-19(16-29(5)27-22)15-28(4)23(25-3)26-14-21(30-10-12-31-13-11-30)18-6-8-20(24)9-7-18;/h6-9,16-17,21H,10-15H2,1-5H3,(H,25,26);1H. The van der Waals surface area contributed by atoms with E-state index in [0.29, 0.717) is 5.92 Å². The molecule has 3 rings (SSSR count). The molecule has 1 N–H and O–H groups in total. The van der Waals surface area contributed by atoms with Gasteiger partial charge in [0.15, 0.2) is 5.96 Å². The van der Waals surface area contributed by atoms with Gasteiger partial charge >= 0.3 is 0 Å². The van der Waals surface area contributed by atoms with Crippen molar-refractivity contribution >= 4 is 41.5 Å². The van der Waals surface area contributed by atoms with Gasteiger partial charge in [-0.25, -0.2) is 0 Å². The maximum Gasteiger partial charge on any atom is 0.193 e. The molecule has 1 fully saturated rings. The Morgan fingerprint density at radius 1 is 1.25 bits per heavy atom. The number of guanidine groups is 1. The molecule has 7 nitrogen and oxygen atoms in total. The maximum absolute atomic E-state index is 6.13. The highest BCUT2D eigenvalue weighted by atomic mass is 127. The summed E-state index contributed by atoms with van der Waals surface area (Å²) < 4.78 is 7.46. The predicted octanol–water partition coefficient (Wildman–Crippen LogP) is 3.90. The molecule has 0 radical (unpaired) electrons. The first-order valence-corrected chi connectivity index (χ1v) is 11.3. The molecule has 9 heteroatoms. The van der Waals surface area contributed by atoms with Crippen molar-refractivity contribution in [1.82, 2.24) is 24.9 Å². The van der Waals surface area contributed by atoms with Crippen LogP contribution < -0.4 is 5.32 Å². The number of nitrogens with one attached hydrogen (secondary N) is 1. The quantitative estimate of drug-likeness (QED) is 0.309. The number of aromatic nitrogens is 2. The van der Waals surface area contributed by atoms with Gasteiger partial charge < -0.3 is 15.0 Å². The molecule has 32 heavy (non-hydrogen) atoms. The molecule has 1 aromatic carbocycles. The molecule has 2 aromatic rings. The van der Waals surface area contributed by atoms with E-state index in [1.54, 1.807) is 0 Å². The third-order valence-corrected chi connectivity index (χ3v) is 5.91. The van der Waals surface area contributed by atoms with E-state index in [2.05, 4.69) is 64.4 Å². The fourth-order valence-electron chi connectivity index (χ4n) is 4.10. The van der Waals surface area contributed by atoms with Gasteiger partial charge in [0.25, 0.3) is 0 Å². The zero-order valence-corrected chi connectivity index (χ0v) is 22.8. The second kappa shape index (κ2) is 12.8. The molecule has 1 aromatic heterocycles. The number of morpholine rings is 1. The van der Waals surface area contributed by atoms with Crippen molar-refractivity contribution in [2.75, 3.05) is 46.9 Å². The molecule has 1 unspecified atom stereocenters. The molecule has 1 aliphatic heterocycles. The van der Waals surface area contributed by atoms with Gasteiger partial charge in [0.1, 0.15) is 0 Å². The first-order valence-electron chi connectivity index (χ1n) is 10.9. The van der Waals surface area contributed by atoms with Gasteiger partial charge in [-0.15, -0.1) is 24.0 Å². The Hall–Kier alpha value is -1.36. The molecule has 0 amide bonds. The second-order valence-corrected chi connectivity index (χ2v) is 8.80. The van der Waals surface area contributed by atoms with Crippen LogP contribution in [0.3, 0.4) is 0 Å². The van der Waals surface area contributed by atoms with Crippen LogP contribution in [0.5, 0.6) is 0 Å². The Labute approximate surface area is 214 Å². The average Bonchev–Trinajstić information content (AvgIpc) is 3.13. The second-order valence-electron chi connectivity index (χ2n) is 8.37. The summed E-state index contributed by atoms with van der Waals surface area (Å²) in [6.45, 7) is 9.21. The number of hydrogen-bond donors (Lipinski definition) is 1. The average molecular weight is 575 g/mol. The van der Waals surface area contributed by atoms with E-state index in [9.17, 15) is 0 Å². The van der Waals surface area contributed by atoms with Crippen molar-refractivity contribution in [2.24, 2.45) is 12.0 Å². The normalized spacial score (nSPS) is 16.0. The molecule has 1 saturated heterocycles. The minimum Gasteiger partial charge on any atom is -0.379 e. The summed E-state index contributed by atoms with van der Waals surface area (Å²) >= 11 is 6.13. The third kappa shape index (κ3) is 7.07. The van der Waals surface area contributed by atoms with Crippen LogP contribution in [-0.2, 0) is 18.3 Å². The lowest BCUT2D eigenvalue weighted by Gasteiger charge is -2.35. The number of halogens is 2. The van der Waals surface area contributed by atoms with Crippen LogP contribution >= 0.6 is 35.6 Å². The Morgan fingerprint density at radius 2 is 1.91 bits per heavy atom. The van der Waals surface area contributed by atoms with Crippen LogP contribution in [0, 0.1) is 0 Å². The van der Waals surface area contributed by atoms with Crippen molar-refractivity contribution in [3.63, 3.8) is 0 Å². The molecule has 1 atom stereocenters. The molecule has 0 saturated carbocycles. The van der Waals surface area contributed by atoms with Crippen molar-refractivity contribution in [1.29, 1.82) is 0 Å². The van der Waals surface area contributed by atoms with Crippen LogP contribution in [0.25, 0.3) is 0 Å². The van der Waals surface area contributed by atoms with Gasteiger partial charge in [0, 0.05) is 64.1 Å². The Balaban J connectivity index is 0.00000363. The topological polar surface area (TPSA) is 57.9 Å². The summed E-state index contributed by atoms with van der Waals surface area (Å²) in [6, 6.07) is 8.36. The molecular weight excluding hydrogens is 539 g/mol. The summed E-state index contributed by atoms with van der Waals surface area (Å²) in [7, 11) is 5.87. The summed E-state index contributed by atoms with van der Waals surface area (Å²) in [5.41, 5.74) is 3.61. The number of hydrogen-bond acceptors (Lipinski definition) is 4. The molecule has 2 heterocycles. The lowest BCUT2D eigenvalue weighted by molar-refractivity contribution is 0.0169. The van der Waals surface area contributed by atoms with Gasteiger partial charge in [-0.1, -0.05) is 37.6 Å². The zero-order valence-electron chi connectivity index (χ0n) is 19.7. The minimum absolute atomic E-state index is 0. The Bertz CT molecular complexity index is 864. The van der Waals surface area contributed by atoms with Crippen LogP contribution in [0.4, 0.5) is 0 Å². The van der Waals surface area contributed by atoms with Gasteiger partial charge in [-0.05, 0) is 23.6 Å². The Morgan fingerprint density at radius 3 is 2.50 bits per heavy atom. The van der Waals surface area contributed by atoms with E-state index in [1.807, 2.05) is 30.9 Å². The SMILES string of the molecule is CN=C(NCC(c1ccc(Cl)cc1)N1CCOCC1)N(C)Cc1cn(C)nc1C(C)C.I. The zero-order chi connectivity index (χ0) is 22.4. The monoisotopic (exact) mass is 574 g/mol. The van der Waals surface area contributed by atoms with E-state index in [-0.39, 0.29) is 30.0 Å². The summed E-state index contributed by atoms with van der Waals surface area (Å²) in [5, 5.41) is 8.97. The highest BCUT2D eigenvalue weighted by Gasteiger charge is 2.24. The third-order valence-electron chi connectivity index (χ3n) is 5.66. The summed E-state index contributed by atoms with van der Waals surface area (Å²) in [5.74, 6) is 1.25. The molecule has 0 aliphatic carbocycles. The first-order chi connectivity index (χ1) is 14.9. The summed E-state index contributed by atoms with van der Waals surface area (Å²) in [4.78, 5) is 9.15.